The molecular weight excluding hydrogens is 248 g/mol. The van der Waals surface area contributed by atoms with Gasteiger partial charge in [0.1, 0.15) is 6.20 Å². The highest BCUT2D eigenvalue weighted by molar-refractivity contribution is 5.45. The predicted octanol–water partition coefficient (Wildman–Crippen LogP) is 0.404. The summed E-state index contributed by atoms with van der Waals surface area (Å²) >= 11 is 0. The van der Waals surface area contributed by atoms with Gasteiger partial charge >= 0.3 is 6.01 Å². The van der Waals surface area contributed by atoms with E-state index in [9.17, 15) is 0 Å². The molecule has 19 heavy (non-hydrogen) atoms. The van der Waals surface area contributed by atoms with Crippen LogP contribution in [0.1, 0.15) is 12.8 Å². The third-order valence-corrected chi connectivity index (χ3v) is 3.90. The zero-order valence-electron chi connectivity index (χ0n) is 10.4. The van der Waals surface area contributed by atoms with Crippen LogP contribution >= 0.6 is 0 Å². The van der Waals surface area contributed by atoms with Crippen molar-refractivity contribution in [1.29, 1.82) is 0 Å². The maximum atomic E-state index is 5.70. The SMILES string of the molecule is c1nonc1-c1nnc(N2CCN3CCC2CC3)o1. The summed E-state index contributed by atoms with van der Waals surface area (Å²) in [4.78, 5) is 4.70. The van der Waals surface area contributed by atoms with E-state index in [0.717, 1.165) is 39.0 Å². The Morgan fingerprint density at radius 3 is 2.79 bits per heavy atom. The number of anilines is 1. The molecule has 3 aliphatic rings. The molecule has 2 aromatic rings. The first-order valence-electron chi connectivity index (χ1n) is 6.50. The van der Waals surface area contributed by atoms with Crippen LogP contribution in [-0.2, 0) is 0 Å². The minimum atomic E-state index is 0.357. The Morgan fingerprint density at radius 2 is 2.00 bits per heavy atom. The summed E-state index contributed by atoms with van der Waals surface area (Å²) in [6.07, 6.45) is 3.78. The topological polar surface area (TPSA) is 84.3 Å². The molecule has 0 spiro atoms. The van der Waals surface area contributed by atoms with Gasteiger partial charge < -0.3 is 14.2 Å². The molecule has 0 aromatic carbocycles. The van der Waals surface area contributed by atoms with E-state index in [1.54, 1.807) is 0 Å². The van der Waals surface area contributed by atoms with Crippen molar-refractivity contribution in [2.45, 2.75) is 18.9 Å². The summed E-state index contributed by atoms with van der Waals surface area (Å²) < 4.78 is 10.2. The average Bonchev–Trinajstić information content (AvgIpc) is 3.05. The summed E-state index contributed by atoms with van der Waals surface area (Å²) in [6.45, 7) is 4.31. The molecule has 8 nitrogen and oxygen atoms in total. The summed E-state index contributed by atoms with van der Waals surface area (Å²) in [7, 11) is 0. The molecule has 0 unspecified atom stereocenters. The smallest absolute Gasteiger partial charge is 0.318 e. The van der Waals surface area contributed by atoms with Crippen LogP contribution in [0.15, 0.2) is 15.2 Å². The second-order valence-corrected chi connectivity index (χ2v) is 4.95. The zero-order chi connectivity index (χ0) is 12.7. The van der Waals surface area contributed by atoms with E-state index in [4.69, 9.17) is 4.42 Å². The Labute approximate surface area is 109 Å². The number of fused-ring (bicyclic) bond motifs is 4. The number of piperidine rings is 1. The van der Waals surface area contributed by atoms with Crippen LogP contribution in [0.25, 0.3) is 11.6 Å². The maximum absolute atomic E-state index is 5.70. The molecule has 0 amide bonds. The number of aromatic nitrogens is 4. The molecule has 3 fully saturated rings. The van der Waals surface area contributed by atoms with Crippen molar-refractivity contribution in [3.8, 4) is 11.6 Å². The first kappa shape index (κ1) is 10.9. The lowest BCUT2D eigenvalue weighted by molar-refractivity contribution is 0.249. The standard InChI is InChI=1S/C11H14N6O2/c1-3-16-4-2-8(1)17(6-5-16)11-14-13-10(18-11)9-7-12-19-15-9/h7-8H,1-6H2. The Kier molecular flexibility index (Phi) is 2.47. The normalized spacial score (nSPS) is 26.6. The Morgan fingerprint density at radius 1 is 1.11 bits per heavy atom. The van der Waals surface area contributed by atoms with Gasteiger partial charge in [-0.2, -0.15) is 0 Å². The molecular formula is C11H14N6O2. The lowest BCUT2D eigenvalue weighted by atomic mass is 10.1. The Balaban J connectivity index is 1.62. The van der Waals surface area contributed by atoms with Gasteiger partial charge in [-0.3, -0.25) is 0 Å². The van der Waals surface area contributed by atoms with Crippen molar-refractivity contribution in [1.82, 2.24) is 25.4 Å². The molecule has 0 N–H and O–H groups in total. The fourth-order valence-corrected chi connectivity index (χ4v) is 2.83. The van der Waals surface area contributed by atoms with Crippen molar-refractivity contribution in [3.63, 3.8) is 0 Å². The van der Waals surface area contributed by atoms with Crippen molar-refractivity contribution >= 4 is 6.01 Å². The zero-order valence-corrected chi connectivity index (χ0v) is 10.4. The molecule has 2 bridgehead atoms. The van der Waals surface area contributed by atoms with Gasteiger partial charge in [0, 0.05) is 32.2 Å². The molecule has 3 aliphatic heterocycles. The van der Waals surface area contributed by atoms with E-state index in [-0.39, 0.29) is 0 Å². The third kappa shape index (κ3) is 1.88. The van der Waals surface area contributed by atoms with Crippen LogP contribution in [0.2, 0.25) is 0 Å². The van der Waals surface area contributed by atoms with Crippen LogP contribution in [-0.4, -0.2) is 57.6 Å². The second-order valence-electron chi connectivity index (χ2n) is 4.95. The third-order valence-electron chi connectivity index (χ3n) is 3.90. The minimum Gasteiger partial charge on any atom is -0.401 e. The van der Waals surface area contributed by atoms with E-state index >= 15 is 0 Å². The highest BCUT2D eigenvalue weighted by Gasteiger charge is 2.32. The van der Waals surface area contributed by atoms with Crippen molar-refractivity contribution < 1.29 is 9.05 Å². The van der Waals surface area contributed by atoms with Gasteiger partial charge in [-0.25, -0.2) is 4.63 Å². The number of nitrogens with zero attached hydrogens (tertiary/aromatic N) is 6. The first-order chi connectivity index (χ1) is 9.40. The number of hydrogen-bond acceptors (Lipinski definition) is 8. The molecule has 0 aliphatic carbocycles. The average molecular weight is 262 g/mol. The van der Waals surface area contributed by atoms with E-state index < -0.39 is 0 Å². The van der Waals surface area contributed by atoms with Crippen molar-refractivity contribution in [2.75, 3.05) is 31.1 Å². The minimum absolute atomic E-state index is 0.357. The number of rotatable bonds is 2. The monoisotopic (exact) mass is 262 g/mol. The van der Waals surface area contributed by atoms with Crippen LogP contribution < -0.4 is 4.90 Å². The summed E-state index contributed by atoms with van der Waals surface area (Å²) in [5.74, 6) is 0.357. The molecule has 5 heterocycles. The van der Waals surface area contributed by atoms with E-state index in [2.05, 4.69) is 34.9 Å². The highest BCUT2D eigenvalue weighted by Crippen LogP contribution is 2.27. The van der Waals surface area contributed by atoms with Crippen LogP contribution in [0, 0.1) is 0 Å². The van der Waals surface area contributed by atoms with Crippen LogP contribution in [0.3, 0.4) is 0 Å². The van der Waals surface area contributed by atoms with Crippen LogP contribution in [0.5, 0.6) is 0 Å². The lowest BCUT2D eigenvalue weighted by Crippen LogP contribution is -2.38. The van der Waals surface area contributed by atoms with Crippen LogP contribution in [0.4, 0.5) is 6.01 Å². The van der Waals surface area contributed by atoms with Gasteiger partial charge in [0.05, 0.1) is 0 Å². The van der Waals surface area contributed by atoms with Gasteiger partial charge in [0.2, 0.25) is 0 Å². The fraction of sp³-hybridized carbons (Fsp3) is 0.636. The predicted molar refractivity (Wildman–Crippen MR) is 64.4 cm³/mol. The summed E-state index contributed by atoms with van der Waals surface area (Å²) in [5, 5.41) is 15.4. The Bertz CT molecular complexity index is 545. The van der Waals surface area contributed by atoms with Gasteiger partial charge in [-0.15, -0.1) is 5.10 Å². The first-order valence-corrected chi connectivity index (χ1v) is 6.50. The highest BCUT2D eigenvalue weighted by atomic mass is 16.6. The summed E-state index contributed by atoms with van der Waals surface area (Å²) in [5.41, 5.74) is 0.474. The van der Waals surface area contributed by atoms with E-state index in [1.807, 2.05) is 0 Å². The molecule has 0 saturated carbocycles. The van der Waals surface area contributed by atoms with Crippen molar-refractivity contribution in [3.05, 3.63) is 6.20 Å². The molecule has 100 valence electrons. The molecule has 0 atom stereocenters. The molecule has 5 rings (SSSR count). The maximum Gasteiger partial charge on any atom is 0.318 e. The van der Waals surface area contributed by atoms with Gasteiger partial charge in [0.15, 0.2) is 5.69 Å². The van der Waals surface area contributed by atoms with Gasteiger partial charge in [-0.1, -0.05) is 10.3 Å². The number of hydrogen-bond donors (Lipinski definition) is 0. The molecule has 3 saturated heterocycles. The van der Waals surface area contributed by atoms with E-state index in [0.29, 0.717) is 23.6 Å². The summed E-state index contributed by atoms with van der Waals surface area (Å²) in [6, 6.07) is 1.08. The molecule has 0 radical (unpaired) electrons. The lowest BCUT2D eigenvalue weighted by Gasteiger charge is -2.29. The second kappa shape index (κ2) is 4.30. The largest absolute Gasteiger partial charge is 0.401 e. The van der Waals surface area contributed by atoms with Gasteiger partial charge in [-0.05, 0) is 18.0 Å². The van der Waals surface area contributed by atoms with E-state index in [1.165, 1.54) is 6.20 Å². The molecule has 8 heteroatoms. The fourth-order valence-electron chi connectivity index (χ4n) is 2.83. The Hall–Kier alpha value is -1.96. The van der Waals surface area contributed by atoms with Crippen molar-refractivity contribution in [2.24, 2.45) is 0 Å². The van der Waals surface area contributed by atoms with Gasteiger partial charge in [0.25, 0.3) is 5.89 Å². The molecule has 2 aromatic heterocycles. The quantitative estimate of drug-likeness (QED) is 0.769.